The van der Waals surface area contributed by atoms with E-state index in [0.29, 0.717) is 6.54 Å². The summed E-state index contributed by atoms with van der Waals surface area (Å²) < 4.78 is 0. The van der Waals surface area contributed by atoms with Crippen LogP contribution in [0.25, 0.3) is 0 Å². The van der Waals surface area contributed by atoms with E-state index in [0.717, 1.165) is 28.1 Å². The molecule has 0 spiro atoms. The van der Waals surface area contributed by atoms with Gasteiger partial charge in [-0.3, -0.25) is 10.2 Å². The Balaban J connectivity index is 2.02. The molecule has 0 fully saturated rings. The fraction of sp³-hybridized carbons (Fsp3) is 0.263. The lowest BCUT2D eigenvalue weighted by molar-refractivity contribution is -0.110. The van der Waals surface area contributed by atoms with Crippen molar-refractivity contribution in [1.29, 1.82) is 5.41 Å². The molecule has 0 unspecified atom stereocenters. The van der Waals surface area contributed by atoms with Crippen LogP contribution in [-0.4, -0.2) is 25.8 Å². The number of amidine groups is 1. The molecule has 126 valence electrons. The topological polar surface area (TPSA) is 68.2 Å². The van der Waals surface area contributed by atoms with Crippen molar-refractivity contribution in [3.05, 3.63) is 59.2 Å². The number of aryl methyl sites for hydroxylation is 2. The molecule has 2 aromatic carbocycles. The van der Waals surface area contributed by atoms with E-state index in [4.69, 9.17) is 5.41 Å². The Bertz CT molecular complexity index is 715. The van der Waals surface area contributed by atoms with E-state index in [1.807, 2.05) is 75.3 Å². The smallest absolute Gasteiger partial charge is 0.290 e. The summed E-state index contributed by atoms with van der Waals surface area (Å²) in [7, 11) is 3.96. The number of carbonyl (C=O) groups excluding carboxylic acids is 1. The second kappa shape index (κ2) is 7.64. The van der Waals surface area contributed by atoms with Gasteiger partial charge in [0, 0.05) is 32.0 Å². The lowest BCUT2D eigenvalue weighted by atomic mass is 10.1. The number of nitrogens with one attached hydrogen (secondary N) is 3. The van der Waals surface area contributed by atoms with E-state index in [2.05, 4.69) is 10.6 Å². The van der Waals surface area contributed by atoms with Crippen LogP contribution in [0.3, 0.4) is 0 Å². The summed E-state index contributed by atoms with van der Waals surface area (Å²) in [6, 6.07) is 13.7. The van der Waals surface area contributed by atoms with Gasteiger partial charge in [0.25, 0.3) is 5.91 Å². The van der Waals surface area contributed by atoms with Crippen molar-refractivity contribution in [3.63, 3.8) is 0 Å². The van der Waals surface area contributed by atoms with Crippen LogP contribution >= 0.6 is 0 Å². The molecule has 0 bridgehead atoms. The molecule has 0 heterocycles. The molecule has 0 radical (unpaired) electrons. The molecule has 0 aromatic heterocycles. The third-order valence-electron chi connectivity index (χ3n) is 3.81. The second-order valence-electron chi connectivity index (χ2n) is 6.02. The number of amides is 1. The lowest BCUT2D eigenvalue weighted by Crippen LogP contribution is -2.34. The van der Waals surface area contributed by atoms with Gasteiger partial charge in [-0.25, -0.2) is 0 Å². The molecule has 0 aliphatic rings. The predicted octanol–water partition coefficient (Wildman–Crippen LogP) is 3.08. The molecule has 5 heteroatoms. The molecule has 5 nitrogen and oxygen atoms in total. The van der Waals surface area contributed by atoms with Crippen molar-refractivity contribution < 1.29 is 4.79 Å². The first-order valence-corrected chi connectivity index (χ1v) is 7.84. The third-order valence-corrected chi connectivity index (χ3v) is 3.81. The van der Waals surface area contributed by atoms with Gasteiger partial charge in [0.2, 0.25) is 0 Å². The summed E-state index contributed by atoms with van der Waals surface area (Å²) in [5.41, 5.74) is 4.82. The fourth-order valence-electron chi connectivity index (χ4n) is 2.44. The molecular formula is C19H24N4O. The molecule has 0 atom stereocenters. The normalized spacial score (nSPS) is 10.2. The second-order valence-corrected chi connectivity index (χ2v) is 6.02. The first-order chi connectivity index (χ1) is 11.4. The zero-order valence-corrected chi connectivity index (χ0v) is 14.6. The molecule has 0 saturated carbocycles. The Labute approximate surface area is 143 Å². The summed E-state index contributed by atoms with van der Waals surface area (Å²) >= 11 is 0. The molecule has 0 aliphatic heterocycles. The van der Waals surface area contributed by atoms with Gasteiger partial charge in [0.05, 0.1) is 0 Å². The van der Waals surface area contributed by atoms with Crippen LogP contribution in [0.15, 0.2) is 42.5 Å². The zero-order valence-electron chi connectivity index (χ0n) is 14.6. The fourth-order valence-corrected chi connectivity index (χ4v) is 2.44. The van der Waals surface area contributed by atoms with Crippen molar-refractivity contribution in [2.75, 3.05) is 24.3 Å². The SMILES string of the molecule is Cc1cc(N(C)C)cc(C)c1NC(=O)C(=N)NCc1ccccc1. The van der Waals surface area contributed by atoms with Crippen LogP contribution < -0.4 is 15.5 Å². The third kappa shape index (κ3) is 4.35. The minimum Gasteiger partial charge on any atom is -0.378 e. The molecule has 1 amide bonds. The highest BCUT2D eigenvalue weighted by Gasteiger charge is 2.13. The van der Waals surface area contributed by atoms with Crippen molar-refractivity contribution in [3.8, 4) is 0 Å². The van der Waals surface area contributed by atoms with Crippen molar-refractivity contribution in [2.45, 2.75) is 20.4 Å². The summed E-state index contributed by atoms with van der Waals surface area (Å²) in [5, 5.41) is 13.6. The molecule has 0 aliphatic carbocycles. The number of carbonyl (C=O) groups is 1. The van der Waals surface area contributed by atoms with Gasteiger partial charge in [0.15, 0.2) is 5.84 Å². The monoisotopic (exact) mass is 324 g/mol. The van der Waals surface area contributed by atoms with Gasteiger partial charge in [-0.2, -0.15) is 0 Å². The van der Waals surface area contributed by atoms with Crippen molar-refractivity contribution in [1.82, 2.24) is 5.32 Å². The minimum absolute atomic E-state index is 0.144. The zero-order chi connectivity index (χ0) is 17.7. The van der Waals surface area contributed by atoms with Crippen LogP contribution in [0.2, 0.25) is 0 Å². The van der Waals surface area contributed by atoms with Crippen LogP contribution in [0, 0.1) is 19.3 Å². The number of hydrogen-bond acceptors (Lipinski definition) is 3. The highest BCUT2D eigenvalue weighted by Crippen LogP contribution is 2.26. The van der Waals surface area contributed by atoms with Gasteiger partial charge in [-0.1, -0.05) is 30.3 Å². The maximum Gasteiger partial charge on any atom is 0.290 e. The average molecular weight is 324 g/mol. The Hall–Kier alpha value is -2.82. The first-order valence-electron chi connectivity index (χ1n) is 7.84. The van der Waals surface area contributed by atoms with Crippen molar-refractivity contribution >= 4 is 23.1 Å². The number of benzene rings is 2. The van der Waals surface area contributed by atoms with E-state index in [-0.39, 0.29) is 5.84 Å². The minimum atomic E-state index is -0.435. The Kier molecular flexibility index (Phi) is 5.58. The van der Waals surface area contributed by atoms with Crippen LogP contribution in [-0.2, 0) is 11.3 Å². The largest absolute Gasteiger partial charge is 0.378 e. The molecule has 0 saturated heterocycles. The standard InChI is InChI=1S/C19H24N4O/c1-13-10-16(23(3)4)11-14(2)17(13)22-19(24)18(20)21-12-15-8-6-5-7-9-15/h5-11H,12H2,1-4H3,(H2,20,21)(H,22,24). The Morgan fingerprint density at radius 3 is 2.21 bits per heavy atom. The number of anilines is 2. The Morgan fingerprint density at radius 2 is 1.67 bits per heavy atom. The van der Waals surface area contributed by atoms with Crippen LogP contribution in [0.5, 0.6) is 0 Å². The van der Waals surface area contributed by atoms with Crippen LogP contribution in [0.4, 0.5) is 11.4 Å². The van der Waals surface area contributed by atoms with Crippen molar-refractivity contribution in [2.24, 2.45) is 0 Å². The van der Waals surface area contributed by atoms with Gasteiger partial charge in [-0.15, -0.1) is 0 Å². The van der Waals surface area contributed by atoms with Gasteiger partial charge in [-0.05, 0) is 42.7 Å². The first kappa shape index (κ1) is 17.5. The molecule has 3 N–H and O–H groups in total. The number of nitrogens with zero attached hydrogens (tertiary/aromatic N) is 1. The average Bonchev–Trinajstić information content (AvgIpc) is 2.56. The van der Waals surface area contributed by atoms with Gasteiger partial charge in [0.1, 0.15) is 0 Å². The van der Waals surface area contributed by atoms with Gasteiger partial charge < -0.3 is 15.5 Å². The van der Waals surface area contributed by atoms with E-state index >= 15 is 0 Å². The summed E-state index contributed by atoms with van der Waals surface area (Å²) in [5.74, 6) is -0.580. The number of rotatable bonds is 4. The molecular weight excluding hydrogens is 300 g/mol. The van der Waals surface area contributed by atoms with Gasteiger partial charge >= 0.3 is 0 Å². The molecule has 2 rings (SSSR count). The van der Waals surface area contributed by atoms with E-state index in [9.17, 15) is 4.79 Å². The van der Waals surface area contributed by atoms with E-state index in [1.165, 1.54) is 0 Å². The summed E-state index contributed by atoms with van der Waals surface area (Å²) in [6.45, 7) is 4.36. The maximum absolute atomic E-state index is 12.2. The van der Waals surface area contributed by atoms with Crippen LogP contribution in [0.1, 0.15) is 16.7 Å². The quantitative estimate of drug-likeness (QED) is 0.598. The summed E-state index contributed by atoms with van der Waals surface area (Å²) in [4.78, 5) is 14.3. The number of hydrogen-bond donors (Lipinski definition) is 3. The Morgan fingerprint density at radius 1 is 1.08 bits per heavy atom. The highest BCUT2D eigenvalue weighted by molar-refractivity contribution is 6.41. The highest BCUT2D eigenvalue weighted by atomic mass is 16.2. The van der Waals surface area contributed by atoms with E-state index in [1.54, 1.807) is 0 Å². The predicted molar refractivity (Wildman–Crippen MR) is 99.9 cm³/mol. The maximum atomic E-state index is 12.2. The lowest BCUT2D eigenvalue weighted by Gasteiger charge is -2.18. The van der Waals surface area contributed by atoms with E-state index < -0.39 is 5.91 Å². The molecule has 2 aromatic rings. The molecule has 24 heavy (non-hydrogen) atoms. The summed E-state index contributed by atoms with van der Waals surface area (Å²) in [6.07, 6.45) is 0.